The van der Waals surface area contributed by atoms with E-state index in [4.69, 9.17) is 0 Å². The van der Waals surface area contributed by atoms with E-state index in [9.17, 15) is 5.26 Å². The molecule has 0 aliphatic rings. The van der Waals surface area contributed by atoms with Gasteiger partial charge in [-0.2, -0.15) is 5.26 Å². The van der Waals surface area contributed by atoms with Crippen molar-refractivity contribution in [3.05, 3.63) is 91.0 Å². The maximum atomic E-state index is 9.20. The zero-order valence-electron chi connectivity index (χ0n) is 13.0. The summed E-state index contributed by atoms with van der Waals surface area (Å²) in [5.41, 5.74) is 0.793. The highest BCUT2D eigenvalue weighted by molar-refractivity contribution is 8.15. The number of thiocyanates is 1. The number of hydrogen-bond donors (Lipinski definition) is 0. The summed E-state index contributed by atoms with van der Waals surface area (Å²) in [6.45, 7) is 0. The molecule has 24 heavy (non-hydrogen) atoms. The lowest BCUT2D eigenvalue weighted by Crippen LogP contribution is -3.00. The first-order valence-electron chi connectivity index (χ1n) is 7.44. The number of benzene rings is 3. The van der Waals surface area contributed by atoms with Crippen molar-refractivity contribution >= 4 is 34.9 Å². The second-order valence-corrected chi connectivity index (χ2v) is 9.85. The zero-order chi connectivity index (χ0) is 16.0. The van der Waals surface area contributed by atoms with Gasteiger partial charge in [0.15, 0.2) is 0 Å². The standard InChI is InChI=1S/C20H17NPS.HI/c21-16-23-17-22(18-10-4-1-5-11-18,19-12-6-2-7-13-19)20-14-8-3-9-15-20;/h1-15H,17H2;1H/q+1;/p-1. The topological polar surface area (TPSA) is 23.8 Å². The Morgan fingerprint density at radius 1 is 0.667 bits per heavy atom. The van der Waals surface area contributed by atoms with Gasteiger partial charge in [0.2, 0.25) is 0 Å². The number of hydrogen-bond acceptors (Lipinski definition) is 2. The molecule has 0 N–H and O–H groups in total. The van der Waals surface area contributed by atoms with Crippen molar-refractivity contribution in [3.8, 4) is 5.40 Å². The fourth-order valence-electron chi connectivity index (χ4n) is 2.84. The summed E-state index contributed by atoms with van der Waals surface area (Å²) in [5.74, 6) is 0. The van der Waals surface area contributed by atoms with Crippen molar-refractivity contribution in [2.24, 2.45) is 0 Å². The third kappa shape index (κ3) is 3.83. The summed E-state index contributed by atoms with van der Waals surface area (Å²) in [5, 5.41) is 15.4. The molecule has 0 radical (unpaired) electrons. The Morgan fingerprint density at radius 3 is 1.29 bits per heavy atom. The lowest BCUT2D eigenvalue weighted by molar-refractivity contribution is -0.00000462. The van der Waals surface area contributed by atoms with Gasteiger partial charge in [-0.1, -0.05) is 54.6 Å². The van der Waals surface area contributed by atoms with Crippen molar-refractivity contribution in [2.75, 3.05) is 5.49 Å². The molecule has 0 saturated carbocycles. The largest absolute Gasteiger partial charge is 1.00 e. The minimum atomic E-state index is -1.83. The van der Waals surface area contributed by atoms with Crippen LogP contribution in [-0.2, 0) is 0 Å². The average Bonchev–Trinajstić information content (AvgIpc) is 2.65. The first-order chi connectivity index (χ1) is 11.4. The van der Waals surface area contributed by atoms with Crippen LogP contribution in [0.15, 0.2) is 91.0 Å². The van der Waals surface area contributed by atoms with Crippen LogP contribution in [0.3, 0.4) is 0 Å². The summed E-state index contributed by atoms with van der Waals surface area (Å²) in [4.78, 5) is 0. The van der Waals surface area contributed by atoms with Crippen LogP contribution < -0.4 is 39.9 Å². The molecule has 3 rings (SSSR count). The van der Waals surface area contributed by atoms with Gasteiger partial charge in [-0.05, 0) is 48.2 Å². The molecule has 0 aliphatic carbocycles. The molecular weight excluding hydrogens is 444 g/mol. The molecule has 0 amide bonds. The van der Waals surface area contributed by atoms with E-state index in [0.717, 1.165) is 5.49 Å². The summed E-state index contributed by atoms with van der Waals surface area (Å²) in [6.07, 6.45) is 0. The van der Waals surface area contributed by atoms with Crippen LogP contribution in [0.4, 0.5) is 0 Å². The molecule has 0 unspecified atom stereocenters. The monoisotopic (exact) mass is 461 g/mol. The molecule has 0 aliphatic heterocycles. The van der Waals surface area contributed by atoms with Gasteiger partial charge in [0.05, 0.1) is 0 Å². The van der Waals surface area contributed by atoms with E-state index in [2.05, 4.69) is 78.2 Å². The normalized spacial score (nSPS) is 10.5. The fraction of sp³-hybridized carbons (Fsp3) is 0.0500. The summed E-state index contributed by atoms with van der Waals surface area (Å²) < 4.78 is 0. The Labute approximate surface area is 165 Å². The van der Waals surface area contributed by atoms with Gasteiger partial charge >= 0.3 is 0 Å². The fourth-order valence-corrected chi connectivity index (χ4v) is 8.58. The smallest absolute Gasteiger partial charge is 0.137 e. The Hall–Kier alpha value is -1.34. The molecule has 3 aromatic rings. The van der Waals surface area contributed by atoms with E-state index in [0.29, 0.717) is 0 Å². The van der Waals surface area contributed by atoms with E-state index >= 15 is 0 Å². The van der Waals surface area contributed by atoms with Gasteiger partial charge in [0.25, 0.3) is 0 Å². The van der Waals surface area contributed by atoms with Crippen molar-refractivity contribution in [1.29, 1.82) is 5.26 Å². The first kappa shape index (κ1) is 19.0. The lowest BCUT2D eigenvalue weighted by atomic mass is 10.4. The third-order valence-electron chi connectivity index (χ3n) is 3.91. The van der Waals surface area contributed by atoms with E-state index in [1.54, 1.807) is 0 Å². The highest BCUT2D eigenvalue weighted by atomic mass is 127. The lowest BCUT2D eigenvalue weighted by Gasteiger charge is -2.26. The molecule has 1 nitrogen and oxygen atoms in total. The molecule has 0 fully saturated rings. The Kier molecular flexibility index (Phi) is 7.30. The van der Waals surface area contributed by atoms with Gasteiger partial charge in [0, 0.05) is 0 Å². The minimum Gasteiger partial charge on any atom is -1.00 e. The summed E-state index contributed by atoms with van der Waals surface area (Å²) >= 11 is 1.35. The van der Waals surface area contributed by atoms with Crippen LogP contribution in [-0.4, -0.2) is 5.49 Å². The maximum Gasteiger partial charge on any atom is 0.137 e. The van der Waals surface area contributed by atoms with Crippen LogP contribution in [0.2, 0.25) is 0 Å². The number of nitriles is 1. The van der Waals surface area contributed by atoms with Crippen molar-refractivity contribution in [3.63, 3.8) is 0 Å². The van der Waals surface area contributed by atoms with E-state index < -0.39 is 7.26 Å². The Bertz CT molecular complexity index is 691. The van der Waals surface area contributed by atoms with Crippen LogP contribution in [0.1, 0.15) is 0 Å². The van der Waals surface area contributed by atoms with Crippen LogP contribution in [0.5, 0.6) is 0 Å². The van der Waals surface area contributed by atoms with Gasteiger partial charge in [-0.3, -0.25) is 0 Å². The van der Waals surface area contributed by atoms with E-state index in [-0.39, 0.29) is 24.0 Å². The van der Waals surface area contributed by atoms with Gasteiger partial charge in [0.1, 0.15) is 34.1 Å². The molecule has 3 aromatic carbocycles. The van der Waals surface area contributed by atoms with Gasteiger partial charge in [-0.15, -0.1) is 0 Å². The molecule has 120 valence electrons. The third-order valence-corrected chi connectivity index (χ3v) is 9.65. The summed E-state index contributed by atoms with van der Waals surface area (Å²) in [7, 11) is -1.83. The predicted octanol–water partition coefficient (Wildman–Crippen LogP) is 1.16. The number of nitrogens with zero attached hydrogens (tertiary/aromatic N) is 1. The first-order valence-corrected chi connectivity index (χ1v) is 10.4. The van der Waals surface area contributed by atoms with Crippen LogP contribution >= 0.6 is 19.0 Å². The number of thioether (sulfide) groups is 1. The SMILES string of the molecule is N#CSC[P+](c1ccccc1)(c1ccccc1)c1ccccc1.[I-]. The minimum absolute atomic E-state index is 0. The van der Waals surface area contributed by atoms with Gasteiger partial charge < -0.3 is 24.0 Å². The number of halogens is 1. The predicted molar refractivity (Wildman–Crippen MR) is 103 cm³/mol. The van der Waals surface area contributed by atoms with Crippen molar-refractivity contribution < 1.29 is 24.0 Å². The molecule has 0 aromatic heterocycles. The molecule has 0 heterocycles. The van der Waals surface area contributed by atoms with Crippen molar-refractivity contribution in [1.82, 2.24) is 0 Å². The molecule has 0 bridgehead atoms. The van der Waals surface area contributed by atoms with Crippen molar-refractivity contribution in [2.45, 2.75) is 0 Å². The van der Waals surface area contributed by atoms with Crippen LogP contribution in [0, 0.1) is 10.7 Å². The molecule has 0 spiro atoms. The Morgan fingerprint density at radius 2 is 1.00 bits per heavy atom. The Balaban J connectivity index is 0.00000208. The number of rotatable bonds is 5. The maximum absolute atomic E-state index is 9.20. The second-order valence-electron chi connectivity index (χ2n) is 5.18. The van der Waals surface area contributed by atoms with Gasteiger partial charge in [-0.25, -0.2) is 0 Å². The highest BCUT2D eigenvalue weighted by Gasteiger charge is 2.45. The van der Waals surface area contributed by atoms with E-state index in [1.807, 2.05) is 18.2 Å². The molecule has 0 atom stereocenters. The molecular formula is C20H17INPS. The highest BCUT2D eigenvalue weighted by Crippen LogP contribution is 2.57. The summed E-state index contributed by atoms with van der Waals surface area (Å²) in [6, 6.07) is 31.9. The zero-order valence-corrected chi connectivity index (χ0v) is 16.9. The quantitative estimate of drug-likeness (QED) is 0.324. The molecule has 0 saturated heterocycles. The second kappa shape index (κ2) is 9.22. The average molecular weight is 461 g/mol. The molecule has 4 heteroatoms. The van der Waals surface area contributed by atoms with Crippen LogP contribution in [0.25, 0.3) is 0 Å². The van der Waals surface area contributed by atoms with E-state index in [1.165, 1.54) is 27.7 Å².